The van der Waals surface area contributed by atoms with Gasteiger partial charge in [-0.15, -0.1) is 0 Å². The molecule has 2 aliphatic heterocycles. The molecule has 0 unspecified atom stereocenters. The molecule has 31 heavy (non-hydrogen) atoms. The minimum Gasteiger partial charge on any atom is -0.378 e. The highest BCUT2D eigenvalue weighted by atomic mass is 16.5. The van der Waals surface area contributed by atoms with E-state index in [-0.39, 0.29) is 0 Å². The standard InChI is InChI=1S/C22H29N7O2/c1-16-13-19(31-26-16)18-14-24-22(29-9-11-30-12-10-29)25-21(18)17-3-6-28(7-4-17)15-20-23-5-8-27(20)2/h5,8,13-14,17H,3-4,6-7,9-12,15H2,1-2H3. The van der Waals surface area contributed by atoms with E-state index in [2.05, 4.69) is 36.5 Å². The van der Waals surface area contributed by atoms with Gasteiger partial charge in [-0.2, -0.15) is 0 Å². The van der Waals surface area contributed by atoms with Crippen LogP contribution in [0.2, 0.25) is 0 Å². The van der Waals surface area contributed by atoms with Crippen molar-refractivity contribution in [3.63, 3.8) is 0 Å². The monoisotopic (exact) mass is 423 g/mol. The van der Waals surface area contributed by atoms with E-state index in [0.717, 1.165) is 80.0 Å². The number of ether oxygens (including phenoxy) is 1. The molecule has 2 saturated heterocycles. The fourth-order valence-electron chi connectivity index (χ4n) is 4.41. The quantitative estimate of drug-likeness (QED) is 0.618. The van der Waals surface area contributed by atoms with E-state index in [1.165, 1.54) is 0 Å². The number of aromatic nitrogens is 5. The van der Waals surface area contributed by atoms with Crippen LogP contribution in [-0.2, 0) is 18.3 Å². The first-order valence-corrected chi connectivity index (χ1v) is 11.0. The maximum atomic E-state index is 5.59. The Kier molecular flexibility index (Phi) is 5.69. The summed E-state index contributed by atoms with van der Waals surface area (Å²) < 4.78 is 13.2. The van der Waals surface area contributed by atoms with Crippen molar-refractivity contribution < 1.29 is 9.26 Å². The number of likely N-dealkylation sites (tertiary alicyclic amines) is 1. The lowest BCUT2D eigenvalue weighted by Crippen LogP contribution is -2.38. The Balaban J connectivity index is 1.37. The van der Waals surface area contributed by atoms with Crippen molar-refractivity contribution in [2.24, 2.45) is 7.05 Å². The van der Waals surface area contributed by atoms with E-state index in [4.69, 9.17) is 14.2 Å². The zero-order valence-corrected chi connectivity index (χ0v) is 18.2. The van der Waals surface area contributed by atoms with Gasteiger partial charge in [0.05, 0.1) is 36.7 Å². The highest BCUT2D eigenvalue weighted by molar-refractivity contribution is 5.61. The summed E-state index contributed by atoms with van der Waals surface area (Å²) in [6, 6.07) is 1.97. The van der Waals surface area contributed by atoms with Crippen molar-refractivity contribution in [1.82, 2.24) is 29.6 Å². The molecule has 164 valence electrons. The number of nitrogens with zero attached hydrogens (tertiary/aromatic N) is 7. The molecule has 0 saturated carbocycles. The van der Waals surface area contributed by atoms with Gasteiger partial charge in [0, 0.05) is 50.7 Å². The average Bonchev–Trinajstić information content (AvgIpc) is 3.42. The number of imidazole rings is 1. The van der Waals surface area contributed by atoms with Gasteiger partial charge in [0.15, 0.2) is 5.76 Å². The first-order chi connectivity index (χ1) is 15.2. The zero-order chi connectivity index (χ0) is 21.2. The van der Waals surface area contributed by atoms with E-state index in [1.54, 1.807) is 0 Å². The second-order valence-electron chi connectivity index (χ2n) is 8.41. The Morgan fingerprint density at radius 1 is 1.10 bits per heavy atom. The van der Waals surface area contributed by atoms with Crippen molar-refractivity contribution in [3.8, 4) is 11.3 Å². The van der Waals surface area contributed by atoms with Crippen molar-refractivity contribution in [1.29, 1.82) is 0 Å². The van der Waals surface area contributed by atoms with Gasteiger partial charge < -0.3 is 18.7 Å². The van der Waals surface area contributed by atoms with Crippen LogP contribution in [0.15, 0.2) is 29.2 Å². The molecule has 0 aromatic carbocycles. The van der Waals surface area contributed by atoms with Crippen LogP contribution >= 0.6 is 0 Å². The van der Waals surface area contributed by atoms with Crippen LogP contribution in [0.5, 0.6) is 0 Å². The molecule has 2 fully saturated rings. The normalized spacial score (nSPS) is 18.6. The van der Waals surface area contributed by atoms with Crippen LogP contribution < -0.4 is 4.90 Å². The van der Waals surface area contributed by atoms with Gasteiger partial charge in [0.2, 0.25) is 5.95 Å². The number of piperidine rings is 1. The summed E-state index contributed by atoms with van der Waals surface area (Å²) in [5, 5.41) is 4.08. The third-order valence-corrected chi connectivity index (χ3v) is 6.25. The van der Waals surface area contributed by atoms with E-state index >= 15 is 0 Å². The van der Waals surface area contributed by atoms with Crippen LogP contribution in [0.4, 0.5) is 5.95 Å². The van der Waals surface area contributed by atoms with Crippen LogP contribution in [-0.4, -0.2) is 69.0 Å². The number of morpholine rings is 1. The largest absolute Gasteiger partial charge is 0.378 e. The van der Waals surface area contributed by atoms with Gasteiger partial charge in [-0.05, 0) is 32.9 Å². The van der Waals surface area contributed by atoms with Crippen molar-refractivity contribution in [2.75, 3.05) is 44.3 Å². The molecule has 0 spiro atoms. The van der Waals surface area contributed by atoms with E-state index in [9.17, 15) is 0 Å². The van der Waals surface area contributed by atoms with Crippen LogP contribution in [0.1, 0.15) is 36.0 Å². The Morgan fingerprint density at radius 3 is 2.58 bits per heavy atom. The summed E-state index contributed by atoms with van der Waals surface area (Å²) in [7, 11) is 2.05. The number of hydrogen-bond donors (Lipinski definition) is 0. The Bertz CT molecular complexity index is 1020. The fraction of sp³-hybridized carbons (Fsp3) is 0.545. The average molecular weight is 424 g/mol. The summed E-state index contributed by atoms with van der Waals surface area (Å²) in [6.07, 6.45) is 7.87. The summed E-state index contributed by atoms with van der Waals surface area (Å²) >= 11 is 0. The van der Waals surface area contributed by atoms with Crippen molar-refractivity contribution >= 4 is 5.95 Å². The van der Waals surface area contributed by atoms with Crippen LogP contribution in [0.3, 0.4) is 0 Å². The molecular weight excluding hydrogens is 394 g/mol. The third kappa shape index (κ3) is 4.33. The van der Waals surface area contributed by atoms with Gasteiger partial charge in [0.25, 0.3) is 0 Å². The lowest BCUT2D eigenvalue weighted by atomic mass is 9.90. The third-order valence-electron chi connectivity index (χ3n) is 6.25. The fourth-order valence-corrected chi connectivity index (χ4v) is 4.41. The lowest BCUT2D eigenvalue weighted by molar-refractivity contribution is 0.122. The predicted molar refractivity (Wildman–Crippen MR) is 116 cm³/mol. The topological polar surface area (TPSA) is 85.3 Å². The van der Waals surface area contributed by atoms with E-state index in [0.29, 0.717) is 19.1 Å². The molecular formula is C22H29N7O2. The lowest BCUT2D eigenvalue weighted by Gasteiger charge is -2.33. The number of anilines is 1. The molecule has 5 rings (SSSR count). The Labute approximate surface area is 182 Å². The second-order valence-corrected chi connectivity index (χ2v) is 8.41. The van der Waals surface area contributed by atoms with E-state index < -0.39 is 0 Å². The summed E-state index contributed by atoms with van der Waals surface area (Å²) in [5.41, 5.74) is 2.90. The maximum Gasteiger partial charge on any atom is 0.225 e. The molecule has 2 aliphatic rings. The zero-order valence-electron chi connectivity index (χ0n) is 18.2. The molecule has 0 bridgehead atoms. The van der Waals surface area contributed by atoms with Gasteiger partial charge in [-0.1, -0.05) is 5.16 Å². The van der Waals surface area contributed by atoms with Crippen LogP contribution in [0.25, 0.3) is 11.3 Å². The molecule has 0 atom stereocenters. The number of hydrogen-bond acceptors (Lipinski definition) is 8. The molecule has 3 aromatic rings. The van der Waals surface area contributed by atoms with Crippen molar-refractivity contribution in [3.05, 3.63) is 41.9 Å². The Hall–Kier alpha value is -2.78. The minimum absolute atomic E-state index is 0.362. The molecule has 5 heterocycles. The highest BCUT2D eigenvalue weighted by Gasteiger charge is 2.27. The summed E-state index contributed by atoms with van der Waals surface area (Å²) in [5.74, 6) is 3.00. The molecule has 9 heteroatoms. The van der Waals surface area contributed by atoms with Crippen LogP contribution in [0, 0.1) is 6.92 Å². The number of aryl methyl sites for hydroxylation is 2. The number of rotatable bonds is 5. The predicted octanol–water partition coefficient (Wildman–Crippen LogP) is 2.39. The molecule has 3 aromatic heterocycles. The van der Waals surface area contributed by atoms with Gasteiger partial charge in [0.1, 0.15) is 5.82 Å². The molecule has 0 N–H and O–H groups in total. The van der Waals surface area contributed by atoms with Gasteiger partial charge in [-0.25, -0.2) is 15.0 Å². The smallest absolute Gasteiger partial charge is 0.225 e. The SMILES string of the molecule is Cc1cc(-c2cnc(N3CCOCC3)nc2C2CCN(Cc3nccn3C)CC2)on1. The highest BCUT2D eigenvalue weighted by Crippen LogP contribution is 2.35. The van der Waals surface area contributed by atoms with Gasteiger partial charge in [-0.3, -0.25) is 4.90 Å². The maximum absolute atomic E-state index is 5.59. The summed E-state index contributed by atoms with van der Waals surface area (Å²) in [4.78, 5) is 18.9. The molecule has 0 aliphatic carbocycles. The van der Waals surface area contributed by atoms with Gasteiger partial charge >= 0.3 is 0 Å². The summed E-state index contributed by atoms with van der Waals surface area (Å²) in [6.45, 7) is 7.93. The first kappa shape index (κ1) is 20.1. The molecule has 9 nitrogen and oxygen atoms in total. The minimum atomic E-state index is 0.362. The molecule has 0 radical (unpaired) electrons. The molecule has 0 amide bonds. The second kappa shape index (κ2) is 8.76. The Morgan fingerprint density at radius 2 is 1.90 bits per heavy atom. The first-order valence-electron chi connectivity index (χ1n) is 11.0. The van der Waals surface area contributed by atoms with E-state index in [1.807, 2.05) is 31.6 Å². The van der Waals surface area contributed by atoms with Crippen molar-refractivity contribution in [2.45, 2.75) is 32.2 Å².